The largest absolute Gasteiger partial charge is 0.417 e. The van der Waals surface area contributed by atoms with E-state index in [1.165, 1.54) is 6.33 Å². The second kappa shape index (κ2) is 6.33. The summed E-state index contributed by atoms with van der Waals surface area (Å²) in [7, 11) is 0. The fourth-order valence-electron chi connectivity index (χ4n) is 2.96. The van der Waals surface area contributed by atoms with E-state index in [9.17, 15) is 4.79 Å². The van der Waals surface area contributed by atoms with Crippen molar-refractivity contribution in [2.45, 2.75) is 6.92 Å². The van der Waals surface area contributed by atoms with Crippen molar-refractivity contribution in [1.82, 2.24) is 19.9 Å². The summed E-state index contributed by atoms with van der Waals surface area (Å²) in [5.41, 5.74) is 1.75. The maximum atomic E-state index is 11.5. The summed E-state index contributed by atoms with van der Waals surface area (Å²) >= 11 is 6.24. The van der Waals surface area contributed by atoms with Crippen molar-refractivity contribution in [3.63, 3.8) is 0 Å². The Morgan fingerprint density at radius 3 is 2.64 bits per heavy atom. The lowest BCUT2D eigenvalue weighted by Gasteiger charge is -2.34. The van der Waals surface area contributed by atoms with Gasteiger partial charge >= 0.3 is 0 Å². The van der Waals surface area contributed by atoms with Gasteiger partial charge in [0.1, 0.15) is 6.33 Å². The highest BCUT2D eigenvalue weighted by atomic mass is 35.5. The van der Waals surface area contributed by atoms with Crippen molar-refractivity contribution in [3.8, 4) is 11.5 Å². The van der Waals surface area contributed by atoms with E-state index in [-0.39, 0.29) is 5.91 Å². The molecule has 1 aliphatic heterocycles. The Balaban J connectivity index is 1.69. The Bertz CT molecular complexity index is 934. The molecule has 3 heterocycles. The van der Waals surface area contributed by atoms with Gasteiger partial charge in [-0.1, -0.05) is 23.7 Å². The Hall–Kier alpha value is -2.67. The summed E-state index contributed by atoms with van der Waals surface area (Å²) in [4.78, 5) is 28.6. The van der Waals surface area contributed by atoms with Crippen molar-refractivity contribution in [2.75, 3.05) is 31.1 Å². The third-order valence-corrected chi connectivity index (χ3v) is 4.63. The van der Waals surface area contributed by atoms with Crippen LogP contribution in [0.5, 0.6) is 0 Å². The SMILES string of the molecule is CC(=O)N1CCN(c2ncnc3oc(-c4ccccc4Cl)nc23)CC1. The number of hydrogen-bond donors (Lipinski definition) is 0. The molecule has 1 fully saturated rings. The van der Waals surface area contributed by atoms with Crippen LogP contribution in [0.3, 0.4) is 0 Å². The van der Waals surface area contributed by atoms with Gasteiger partial charge in [-0.3, -0.25) is 4.79 Å². The van der Waals surface area contributed by atoms with Crippen molar-refractivity contribution >= 4 is 34.6 Å². The molecule has 0 bridgehead atoms. The van der Waals surface area contributed by atoms with Crippen molar-refractivity contribution in [2.24, 2.45) is 0 Å². The van der Waals surface area contributed by atoms with Gasteiger partial charge in [0, 0.05) is 33.1 Å². The zero-order valence-corrected chi connectivity index (χ0v) is 14.4. The number of nitrogens with zero attached hydrogens (tertiary/aromatic N) is 5. The number of halogens is 1. The molecule has 128 valence electrons. The molecule has 1 saturated heterocycles. The highest BCUT2D eigenvalue weighted by Crippen LogP contribution is 2.31. The average Bonchev–Trinajstić information content (AvgIpc) is 3.06. The first-order chi connectivity index (χ1) is 12.1. The molecule has 0 radical (unpaired) electrons. The van der Waals surface area contributed by atoms with E-state index < -0.39 is 0 Å². The van der Waals surface area contributed by atoms with Crippen LogP contribution in [0, 0.1) is 0 Å². The van der Waals surface area contributed by atoms with Gasteiger partial charge in [-0.2, -0.15) is 4.98 Å². The molecule has 4 rings (SSSR count). The normalized spacial score (nSPS) is 15.0. The van der Waals surface area contributed by atoms with Gasteiger partial charge in [0.25, 0.3) is 5.71 Å². The summed E-state index contributed by atoms with van der Waals surface area (Å²) < 4.78 is 5.79. The van der Waals surface area contributed by atoms with Crippen LogP contribution in [0.1, 0.15) is 6.92 Å². The van der Waals surface area contributed by atoms with E-state index in [4.69, 9.17) is 16.0 Å². The Morgan fingerprint density at radius 1 is 1.16 bits per heavy atom. The lowest BCUT2D eigenvalue weighted by molar-refractivity contribution is -0.129. The Labute approximate surface area is 149 Å². The third kappa shape index (κ3) is 2.91. The van der Waals surface area contributed by atoms with Gasteiger partial charge in [-0.05, 0) is 12.1 Å². The molecule has 0 atom stereocenters. The minimum atomic E-state index is 0.0925. The van der Waals surface area contributed by atoms with Crippen LogP contribution in [0.25, 0.3) is 22.7 Å². The number of oxazole rings is 1. The van der Waals surface area contributed by atoms with Crippen LogP contribution in [-0.4, -0.2) is 51.9 Å². The van der Waals surface area contributed by atoms with E-state index in [0.717, 1.165) is 11.4 Å². The molecular weight excluding hydrogens is 342 g/mol. The summed E-state index contributed by atoms with van der Waals surface area (Å²) in [6, 6.07) is 7.38. The van der Waals surface area contributed by atoms with Gasteiger partial charge in [0.15, 0.2) is 11.3 Å². The zero-order chi connectivity index (χ0) is 17.4. The van der Waals surface area contributed by atoms with E-state index in [2.05, 4.69) is 19.9 Å². The van der Waals surface area contributed by atoms with Crippen LogP contribution in [0.2, 0.25) is 5.02 Å². The average molecular weight is 358 g/mol. The molecule has 1 amide bonds. The topological polar surface area (TPSA) is 75.4 Å². The number of fused-ring (bicyclic) bond motifs is 1. The first-order valence-corrected chi connectivity index (χ1v) is 8.38. The van der Waals surface area contributed by atoms with Crippen molar-refractivity contribution in [1.29, 1.82) is 0 Å². The monoisotopic (exact) mass is 357 g/mol. The Morgan fingerprint density at radius 2 is 1.92 bits per heavy atom. The predicted molar refractivity (Wildman–Crippen MR) is 94.5 cm³/mol. The molecule has 0 N–H and O–H groups in total. The number of aromatic nitrogens is 3. The number of anilines is 1. The van der Waals surface area contributed by atoms with E-state index >= 15 is 0 Å². The molecule has 25 heavy (non-hydrogen) atoms. The van der Waals surface area contributed by atoms with Crippen molar-refractivity contribution < 1.29 is 9.21 Å². The van der Waals surface area contributed by atoms with E-state index in [0.29, 0.717) is 48.3 Å². The zero-order valence-electron chi connectivity index (χ0n) is 13.6. The van der Waals surface area contributed by atoms with Gasteiger partial charge in [-0.25, -0.2) is 9.97 Å². The Kier molecular flexibility index (Phi) is 4.01. The van der Waals surface area contributed by atoms with Gasteiger partial charge in [-0.15, -0.1) is 0 Å². The molecule has 8 heteroatoms. The number of hydrogen-bond acceptors (Lipinski definition) is 6. The summed E-state index contributed by atoms with van der Waals surface area (Å²) in [5, 5.41) is 0.568. The van der Waals surface area contributed by atoms with E-state index in [1.807, 2.05) is 23.1 Å². The third-order valence-electron chi connectivity index (χ3n) is 4.30. The molecule has 7 nitrogen and oxygen atoms in total. The van der Waals surface area contributed by atoms with E-state index in [1.54, 1.807) is 13.0 Å². The molecule has 3 aromatic rings. The lowest BCUT2D eigenvalue weighted by Crippen LogP contribution is -2.48. The van der Waals surface area contributed by atoms with Crippen LogP contribution in [0.4, 0.5) is 5.82 Å². The number of carbonyl (C=O) groups is 1. The molecule has 1 aliphatic rings. The first-order valence-electron chi connectivity index (χ1n) is 8.00. The number of carbonyl (C=O) groups excluding carboxylic acids is 1. The number of piperazine rings is 1. The predicted octanol–water partition coefficient (Wildman–Crippen LogP) is 2.61. The molecule has 1 aromatic carbocycles. The number of benzene rings is 1. The number of rotatable bonds is 2. The maximum absolute atomic E-state index is 11.5. The molecule has 0 unspecified atom stereocenters. The minimum Gasteiger partial charge on any atom is -0.417 e. The fourth-order valence-corrected chi connectivity index (χ4v) is 3.17. The number of amides is 1. The molecule has 0 aliphatic carbocycles. The molecular formula is C17H16ClN5O2. The fraction of sp³-hybridized carbons (Fsp3) is 0.294. The smallest absolute Gasteiger partial charge is 0.252 e. The van der Waals surface area contributed by atoms with Crippen LogP contribution in [-0.2, 0) is 4.79 Å². The highest BCUT2D eigenvalue weighted by molar-refractivity contribution is 6.33. The molecule has 0 saturated carbocycles. The summed E-state index contributed by atoms with van der Waals surface area (Å²) in [6.07, 6.45) is 1.47. The maximum Gasteiger partial charge on any atom is 0.252 e. The van der Waals surface area contributed by atoms with Crippen LogP contribution >= 0.6 is 11.6 Å². The molecule has 2 aromatic heterocycles. The lowest BCUT2D eigenvalue weighted by atomic mass is 10.2. The highest BCUT2D eigenvalue weighted by Gasteiger charge is 2.23. The van der Waals surface area contributed by atoms with Gasteiger partial charge in [0.2, 0.25) is 11.8 Å². The quantitative estimate of drug-likeness (QED) is 0.701. The molecule has 0 spiro atoms. The summed E-state index contributed by atoms with van der Waals surface area (Å²) in [5.74, 6) is 1.23. The standard InChI is InChI=1S/C17H16ClN5O2/c1-11(24)22-6-8-23(9-7-22)15-14-17(20-10-19-15)25-16(21-14)12-4-2-3-5-13(12)18/h2-5,10H,6-9H2,1H3. The second-order valence-corrected chi connectivity index (χ2v) is 6.25. The second-order valence-electron chi connectivity index (χ2n) is 5.84. The van der Waals surface area contributed by atoms with Crippen molar-refractivity contribution in [3.05, 3.63) is 35.6 Å². The van der Waals surface area contributed by atoms with Gasteiger partial charge in [0.05, 0.1) is 10.6 Å². The van der Waals surface area contributed by atoms with Gasteiger partial charge < -0.3 is 14.2 Å². The first kappa shape index (κ1) is 15.8. The summed E-state index contributed by atoms with van der Waals surface area (Å²) in [6.45, 7) is 4.30. The minimum absolute atomic E-state index is 0.0925. The van der Waals surface area contributed by atoms with Crippen LogP contribution < -0.4 is 4.90 Å². The van der Waals surface area contributed by atoms with Crippen LogP contribution in [0.15, 0.2) is 35.0 Å².